The second-order valence-electron chi connectivity index (χ2n) is 2.10. The van der Waals surface area contributed by atoms with Crippen molar-refractivity contribution in [3.63, 3.8) is 0 Å². The molecule has 0 saturated carbocycles. The Kier molecular flexibility index (Phi) is 9.02. The van der Waals surface area contributed by atoms with E-state index in [1.807, 2.05) is 0 Å². The lowest BCUT2D eigenvalue weighted by molar-refractivity contribution is 0.125. The lowest BCUT2D eigenvalue weighted by Gasteiger charge is -2.04. The summed E-state index contributed by atoms with van der Waals surface area (Å²) in [6.07, 6.45) is 0.400. The van der Waals surface area contributed by atoms with Gasteiger partial charge in [0.25, 0.3) is 0 Å². The van der Waals surface area contributed by atoms with Gasteiger partial charge in [0.2, 0.25) is 0 Å². The molecule has 0 heterocycles. The van der Waals surface area contributed by atoms with Crippen LogP contribution in [0.15, 0.2) is 0 Å². The number of rotatable bonds is 6. The number of nitrogens with one attached hydrogen (secondary N) is 1. The molecule has 0 aromatic carbocycles. The lowest BCUT2D eigenvalue weighted by Crippen LogP contribution is -2.26. The minimum absolute atomic E-state index is 0.345. The van der Waals surface area contributed by atoms with E-state index < -0.39 is 0 Å². The summed E-state index contributed by atoms with van der Waals surface area (Å²) in [6, 6.07) is 0. The molecule has 0 fully saturated rings. The largest absolute Gasteiger partial charge is 0.449 e. The van der Waals surface area contributed by atoms with Gasteiger partial charge in [-0.1, -0.05) is 22.6 Å². The van der Waals surface area contributed by atoms with E-state index in [0.29, 0.717) is 19.8 Å². The van der Waals surface area contributed by atoms with Crippen molar-refractivity contribution in [2.24, 2.45) is 0 Å². The number of halogens is 1. The van der Waals surface area contributed by atoms with Gasteiger partial charge in [0.1, 0.15) is 0 Å². The average Bonchev–Trinajstić information content (AvgIpc) is 2.09. The van der Waals surface area contributed by atoms with Crippen molar-refractivity contribution >= 4 is 28.7 Å². The van der Waals surface area contributed by atoms with E-state index in [2.05, 4.69) is 27.9 Å². The van der Waals surface area contributed by atoms with Crippen molar-refractivity contribution in [3.05, 3.63) is 0 Å². The third kappa shape index (κ3) is 8.06. The van der Waals surface area contributed by atoms with Gasteiger partial charge in [-0.3, -0.25) is 0 Å². The Hall–Kier alpha value is -0.0400. The van der Waals surface area contributed by atoms with Crippen LogP contribution in [0, 0.1) is 0 Å². The second-order valence-corrected chi connectivity index (χ2v) is 3.18. The Balaban J connectivity index is 3.08. The van der Waals surface area contributed by atoms with Crippen LogP contribution >= 0.6 is 22.6 Å². The van der Waals surface area contributed by atoms with E-state index in [4.69, 9.17) is 9.47 Å². The van der Waals surface area contributed by atoms with Crippen LogP contribution in [0.4, 0.5) is 4.79 Å². The molecular formula is C7H14INO3. The average molecular weight is 287 g/mol. The van der Waals surface area contributed by atoms with Gasteiger partial charge in [0, 0.05) is 31.1 Å². The number of alkyl halides is 1. The highest BCUT2D eigenvalue weighted by Crippen LogP contribution is 1.85. The summed E-state index contributed by atoms with van der Waals surface area (Å²) in [6.45, 7) is 1.70. The van der Waals surface area contributed by atoms with Gasteiger partial charge in [0.15, 0.2) is 0 Å². The lowest BCUT2D eigenvalue weighted by atomic mass is 10.5. The standard InChI is InChI=1S/C7H14INO3/c1-11-5-2-6-12-7(10)9-4-3-8/h2-6H2,1H3,(H,9,10). The molecule has 0 rings (SSSR count). The minimum atomic E-state index is -0.345. The number of carbonyl (C=O) groups is 1. The Labute approximate surface area is 86.1 Å². The maximum atomic E-state index is 10.8. The number of ether oxygens (including phenoxy) is 2. The quantitative estimate of drug-likeness (QED) is 0.453. The first-order valence-electron chi connectivity index (χ1n) is 3.76. The van der Waals surface area contributed by atoms with Gasteiger partial charge in [0.05, 0.1) is 6.61 Å². The van der Waals surface area contributed by atoms with Crippen LogP contribution < -0.4 is 5.32 Å². The van der Waals surface area contributed by atoms with Crippen molar-refractivity contribution in [2.75, 3.05) is 31.3 Å². The number of hydrogen-bond donors (Lipinski definition) is 1. The summed E-state index contributed by atoms with van der Waals surface area (Å²) in [4.78, 5) is 10.8. The summed E-state index contributed by atoms with van der Waals surface area (Å²) in [5, 5.41) is 2.60. The maximum Gasteiger partial charge on any atom is 0.407 e. The predicted octanol–water partition coefficient (Wildman–Crippen LogP) is 1.18. The Morgan fingerprint density at radius 3 is 2.83 bits per heavy atom. The van der Waals surface area contributed by atoms with E-state index >= 15 is 0 Å². The van der Waals surface area contributed by atoms with Crippen molar-refractivity contribution in [2.45, 2.75) is 6.42 Å². The van der Waals surface area contributed by atoms with Crippen LogP contribution in [0.25, 0.3) is 0 Å². The molecule has 12 heavy (non-hydrogen) atoms. The molecule has 0 atom stereocenters. The fourth-order valence-electron chi connectivity index (χ4n) is 0.568. The highest BCUT2D eigenvalue weighted by Gasteiger charge is 1.98. The normalized spacial score (nSPS) is 9.50. The number of alkyl carbamates (subject to hydrolysis) is 1. The fraction of sp³-hybridized carbons (Fsp3) is 0.857. The third-order valence-corrected chi connectivity index (χ3v) is 1.63. The first kappa shape index (κ1) is 12.0. The van der Waals surface area contributed by atoms with Gasteiger partial charge in [-0.15, -0.1) is 0 Å². The van der Waals surface area contributed by atoms with E-state index in [-0.39, 0.29) is 6.09 Å². The summed E-state index contributed by atoms with van der Waals surface area (Å²) >= 11 is 2.18. The Morgan fingerprint density at radius 1 is 1.50 bits per heavy atom. The van der Waals surface area contributed by atoms with Crippen molar-refractivity contribution in [1.82, 2.24) is 5.32 Å². The van der Waals surface area contributed by atoms with E-state index in [1.54, 1.807) is 7.11 Å². The molecule has 0 aliphatic heterocycles. The zero-order valence-electron chi connectivity index (χ0n) is 7.14. The molecule has 0 unspecified atom stereocenters. The maximum absolute atomic E-state index is 10.8. The van der Waals surface area contributed by atoms with Crippen LogP contribution in [0.2, 0.25) is 0 Å². The van der Waals surface area contributed by atoms with Crippen LogP contribution in [0.5, 0.6) is 0 Å². The number of methoxy groups -OCH3 is 1. The fourth-order valence-corrected chi connectivity index (χ4v) is 0.838. The Morgan fingerprint density at radius 2 is 2.25 bits per heavy atom. The molecule has 1 N–H and O–H groups in total. The Bertz CT molecular complexity index is 121. The van der Waals surface area contributed by atoms with Crippen molar-refractivity contribution < 1.29 is 14.3 Å². The molecule has 1 amide bonds. The molecule has 0 bridgehead atoms. The number of carbonyl (C=O) groups excluding carboxylic acids is 1. The molecule has 72 valence electrons. The van der Waals surface area contributed by atoms with Crippen LogP contribution in [0.3, 0.4) is 0 Å². The summed E-state index contributed by atoms with van der Waals surface area (Å²) in [5.74, 6) is 0. The first-order chi connectivity index (χ1) is 5.81. The SMILES string of the molecule is COCCCOC(=O)NCCI. The highest BCUT2D eigenvalue weighted by atomic mass is 127. The van der Waals surface area contributed by atoms with Crippen molar-refractivity contribution in [1.29, 1.82) is 0 Å². The predicted molar refractivity (Wildman–Crippen MR) is 54.7 cm³/mol. The zero-order chi connectivity index (χ0) is 9.23. The number of amides is 1. The monoisotopic (exact) mass is 287 g/mol. The first-order valence-corrected chi connectivity index (χ1v) is 5.29. The third-order valence-electron chi connectivity index (χ3n) is 1.09. The molecule has 5 heteroatoms. The van der Waals surface area contributed by atoms with Gasteiger partial charge in [-0.05, 0) is 0 Å². The summed E-state index contributed by atoms with van der Waals surface area (Å²) < 4.78 is 10.5. The van der Waals surface area contributed by atoms with E-state index in [9.17, 15) is 4.79 Å². The smallest absolute Gasteiger partial charge is 0.407 e. The van der Waals surface area contributed by atoms with Gasteiger partial charge < -0.3 is 14.8 Å². The molecular weight excluding hydrogens is 273 g/mol. The summed E-state index contributed by atoms with van der Waals surface area (Å²) in [7, 11) is 1.62. The van der Waals surface area contributed by atoms with E-state index in [1.165, 1.54) is 0 Å². The van der Waals surface area contributed by atoms with Crippen molar-refractivity contribution in [3.8, 4) is 0 Å². The molecule has 0 aliphatic carbocycles. The van der Waals surface area contributed by atoms with Gasteiger partial charge in [-0.2, -0.15) is 0 Å². The van der Waals surface area contributed by atoms with Crippen LogP contribution in [0.1, 0.15) is 6.42 Å². The second kappa shape index (κ2) is 9.05. The number of hydrogen-bond acceptors (Lipinski definition) is 3. The van der Waals surface area contributed by atoms with Gasteiger partial charge in [-0.25, -0.2) is 4.79 Å². The summed E-state index contributed by atoms with van der Waals surface area (Å²) in [5.41, 5.74) is 0. The molecule has 0 saturated heterocycles. The highest BCUT2D eigenvalue weighted by molar-refractivity contribution is 14.1. The van der Waals surface area contributed by atoms with Crippen LogP contribution in [-0.2, 0) is 9.47 Å². The van der Waals surface area contributed by atoms with Crippen LogP contribution in [-0.4, -0.2) is 37.4 Å². The molecule has 0 spiro atoms. The molecule has 0 aliphatic rings. The van der Waals surface area contributed by atoms with E-state index in [0.717, 1.165) is 10.8 Å². The zero-order valence-corrected chi connectivity index (χ0v) is 9.30. The molecule has 4 nitrogen and oxygen atoms in total. The minimum Gasteiger partial charge on any atom is -0.449 e. The topological polar surface area (TPSA) is 47.6 Å². The molecule has 0 radical (unpaired) electrons. The van der Waals surface area contributed by atoms with Gasteiger partial charge >= 0.3 is 6.09 Å². The molecule has 0 aromatic rings. The molecule has 0 aromatic heterocycles.